The largest absolute Gasteiger partial charge is 0.455 e. The maximum atomic E-state index is 13.0. The van der Waals surface area contributed by atoms with E-state index in [1.807, 2.05) is 0 Å². The van der Waals surface area contributed by atoms with Crippen LogP contribution in [0.15, 0.2) is 12.1 Å². The van der Waals surface area contributed by atoms with Gasteiger partial charge in [-0.25, -0.2) is 13.2 Å². The molecular weight excluding hydrogens is 274 g/mol. The Kier molecular flexibility index (Phi) is 3.57. The van der Waals surface area contributed by atoms with Crippen molar-refractivity contribution in [3.8, 4) is 0 Å². The minimum absolute atomic E-state index is 0.130. The molecular formula is C9H5F8N. The van der Waals surface area contributed by atoms with Gasteiger partial charge in [-0.05, 0) is 6.07 Å². The van der Waals surface area contributed by atoms with E-state index in [1.54, 1.807) is 0 Å². The molecule has 0 bridgehead atoms. The summed E-state index contributed by atoms with van der Waals surface area (Å²) in [6.45, 7) is 0. The number of nitrogens with two attached hydrogens (primary N) is 1. The van der Waals surface area contributed by atoms with Gasteiger partial charge >= 0.3 is 12.1 Å². The summed E-state index contributed by atoms with van der Waals surface area (Å²) in [7, 11) is 0. The van der Waals surface area contributed by atoms with Crippen LogP contribution in [0.25, 0.3) is 0 Å². The standard InChI is InChI=1S/C9H5F8N/c10-4-2-6(12)5(11)1-3(4)7(18)8(13,14)9(15,16)17/h1-2,7H,18H2/t7-/m0/s1. The van der Waals surface area contributed by atoms with E-state index in [-0.39, 0.29) is 12.1 Å². The molecule has 1 nitrogen and oxygen atoms in total. The van der Waals surface area contributed by atoms with Gasteiger partial charge in [0.15, 0.2) is 11.6 Å². The summed E-state index contributed by atoms with van der Waals surface area (Å²) in [4.78, 5) is 0. The summed E-state index contributed by atoms with van der Waals surface area (Å²) in [6, 6.07) is -3.46. The molecule has 0 fully saturated rings. The zero-order valence-electron chi connectivity index (χ0n) is 8.33. The fourth-order valence-electron chi connectivity index (χ4n) is 1.15. The minimum Gasteiger partial charge on any atom is -0.319 e. The lowest BCUT2D eigenvalue weighted by Gasteiger charge is -2.26. The number of benzene rings is 1. The van der Waals surface area contributed by atoms with Gasteiger partial charge in [-0.15, -0.1) is 0 Å². The Balaban J connectivity index is 3.27. The van der Waals surface area contributed by atoms with Crippen molar-refractivity contribution in [3.63, 3.8) is 0 Å². The van der Waals surface area contributed by atoms with Gasteiger partial charge in [0.25, 0.3) is 0 Å². The van der Waals surface area contributed by atoms with Crippen LogP contribution in [0.3, 0.4) is 0 Å². The Hall–Kier alpha value is -1.38. The Morgan fingerprint density at radius 2 is 1.28 bits per heavy atom. The van der Waals surface area contributed by atoms with Crippen molar-refractivity contribution in [1.82, 2.24) is 0 Å². The average molecular weight is 279 g/mol. The molecule has 18 heavy (non-hydrogen) atoms. The summed E-state index contributed by atoms with van der Waals surface area (Å²) in [6.07, 6.45) is -6.04. The van der Waals surface area contributed by atoms with E-state index < -0.39 is 41.2 Å². The number of halogens is 8. The van der Waals surface area contributed by atoms with E-state index in [9.17, 15) is 35.1 Å². The lowest BCUT2D eigenvalue weighted by atomic mass is 10.00. The van der Waals surface area contributed by atoms with Crippen molar-refractivity contribution in [2.45, 2.75) is 18.1 Å². The van der Waals surface area contributed by atoms with Gasteiger partial charge < -0.3 is 5.73 Å². The summed E-state index contributed by atoms with van der Waals surface area (Å²) in [5.74, 6) is -10.8. The molecule has 0 saturated carbocycles. The van der Waals surface area contributed by atoms with Crippen LogP contribution < -0.4 is 5.73 Å². The van der Waals surface area contributed by atoms with Gasteiger partial charge in [0.05, 0.1) is 0 Å². The number of rotatable bonds is 2. The first-order valence-electron chi connectivity index (χ1n) is 4.33. The molecule has 102 valence electrons. The fourth-order valence-corrected chi connectivity index (χ4v) is 1.15. The third-order valence-corrected chi connectivity index (χ3v) is 2.14. The molecule has 9 heteroatoms. The van der Waals surface area contributed by atoms with E-state index in [0.29, 0.717) is 0 Å². The normalized spacial score (nSPS) is 14.7. The summed E-state index contributed by atoms with van der Waals surface area (Å²) < 4.78 is 99.6. The highest BCUT2D eigenvalue weighted by Gasteiger charge is 2.62. The molecule has 0 saturated heterocycles. The van der Waals surface area contributed by atoms with Crippen LogP contribution in [-0.4, -0.2) is 12.1 Å². The van der Waals surface area contributed by atoms with Crippen molar-refractivity contribution in [2.75, 3.05) is 0 Å². The van der Waals surface area contributed by atoms with Crippen molar-refractivity contribution in [2.24, 2.45) is 5.73 Å². The molecule has 0 radical (unpaired) electrons. The van der Waals surface area contributed by atoms with Crippen molar-refractivity contribution < 1.29 is 35.1 Å². The first-order chi connectivity index (χ1) is 7.98. The van der Waals surface area contributed by atoms with E-state index in [1.165, 1.54) is 0 Å². The highest BCUT2D eigenvalue weighted by molar-refractivity contribution is 5.25. The lowest BCUT2D eigenvalue weighted by Crippen LogP contribution is -2.46. The Labute approximate surface area is 95.2 Å². The van der Waals surface area contributed by atoms with Crippen molar-refractivity contribution in [1.29, 1.82) is 0 Å². The smallest absolute Gasteiger partial charge is 0.319 e. The molecule has 0 unspecified atom stereocenters. The second kappa shape index (κ2) is 4.38. The highest BCUT2D eigenvalue weighted by Crippen LogP contribution is 2.43. The molecule has 2 N–H and O–H groups in total. The zero-order valence-corrected chi connectivity index (χ0v) is 8.33. The Morgan fingerprint density at radius 3 is 1.72 bits per heavy atom. The van der Waals surface area contributed by atoms with Crippen LogP contribution in [-0.2, 0) is 0 Å². The molecule has 0 aliphatic rings. The van der Waals surface area contributed by atoms with Crippen LogP contribution in [0, 0.1) is 17.5 Å². The summed E-state index contributed by atoms with van der Waals surface area (Å²) in [5, 5.41) is 0. The van der Waals surface area contributed by atoms with Crippen LogP contribution in [0.5, 0.6) is 0 Å². The van der Waals surface area contributed by atoms with Gasteiger partial charge in [0.2, 0.25) is 0 Å². The topological polar surface area (TPSA) is 26.0 Å². The molecule has 0 aliphatic carbocycles. The maximum Gasteiger partial charge on any atom is 0.455 e. The number of hydrogen-bond acceptors (Lipinski definition) is 1. The number of hydrogen-bond donors (Lipinski definition) is 1. The van der Waals surface area contributed by atoms with E-state index >= 15 is 0 Å². The SMILES string of the molecule is N[C@@H](c1cc(F)c(F)cc1F)C(F)(F)C(F)(F)F. The van der Waals surface area contributed by atoms with Gasteiger partial charge in [-0.2, -0.15) is 22.0 Å². The fraction of sp³-hybridized carbons (Fsp3) is 0.333. The highest BCUT2D eigenvalue weighted by atomic mass is 19.4. The van der Waals surface area contributed by atoms with Gasteiger partial charge in [0.1, 0.15) is 11.9 Å². The van der Waals surface area contributed by atoms with Crippen LogP contribution in [0.2, 0.25) is 0 Å². The Bertz CT molecular complexity index is 453. The van der Waals surface area contributed by atoms with E-state index in [4.69, 9.17) is 0 Å². The molecule has 1 aromatic rings. The van der Waals surface area contributed by atoms with Gasteiger partial charge in [-0.3, -0.25) is 0 Å². The Morgan fingerprint density at radius 1 is 0.833 bits per heavy atom. The zero-order chi connectivity index (χ0) is 14.3. The molecule has 0 aliphatic heterocycles. The molecule has 0 spiro atoms. The molecule has 1 rings (SSSR count). The van der Waals surface area contributed by atoms with Crippen LogP contribution in [0.4, 0.5) is 35.1 Å². The first-order valence-corrected chi connectivity index (χ1v) is 4.33. The minimum atomic E-state index is -6.04. The molecule has 1 atom stereocenters. The third-order valence-electron chi connectivity index (χ3n) is 2.14. The van der Waals surface area contributed by atoms with Gasteiger partial charge in [-0.1, -0.05) is 0 Å². The monoisotopic (exact) mass is 279 g/mol. The summed E-state index contributed by atoms with van der Waals surface area (Å²) >= 11 is 0. The second-order valence-electron chi connectivity index (χ2n) is 3.39. The van der Waals surface area contributed by atoms with Crippen LogP contribution in [0.1, 0.15) is 11.6 Å². The van der Waals surface area contributed by atoms with Gasteiger partial charge in [0, 0.05) is 11.6 Å². The summed E-state index contributed by atoms with van der Waals surface area (Å²) in [5.41, 5.74) is 3.12. The predicted molar refractivity (Wildman–Crippen MR) is 44.2 cm³/mol. The van der Waals surface area contributed by atoms with Crippen LogP contribution >= 0.6 is 0 Å². The first kappa shape index (κ1) is 14.7. The predicted octanol–water partition coefficient (Wildman–Crippen LogP) is 3.30. The molecule has 0 heterocycles. The van der Waals surface area contributed by atoms with Crippen molar-refractivity contribution >= 4 is 0 Å². The average Bonchev–Trinajstić information content (AvgIpc) is 2.20. The number of alkyl halides is 5. The quantitative estimate of drug-likeness (QED) is 0.652. The molecule has 1 aromatic carbocycles. The lowest BCUT2D eigenvalue weighted by molar-refractivity contribution is -0.291. The van der Waals surface area contributed by atoms with E-state index in [0.717, 1.165) is 0 Å². The molecule has 0 amide bonds. The third kappa shape index (κ3) is 2.40. The van der Waals surface area contributed by atoms with E-state index in [2.05, 4.69) is 5.73 Å². The second-order valence-corrected chi connectivity index (χ2v) is 3.39. The van der Waals surface area contributed by atoms with Crippen molar-refractivity contribution in [3.05, 3.63) is 35.1 Å². The molecule has 0 aromatic heterocycles. The maximum absolute atomic E-state index is 13.0.